The highest BCUT2D eigenvalue weighted by atomic mass is 19.4. The van der Waals surface area contributed by atoms with Crippen LogP contribution in [0.2, 0.25) is 0 Å². The summed E-state index contributed by atoms with van der Waals surface area (Å²) >= 11 is 0. The summed E-state index contributed by atoms with van der Waals surface area (Å²) in [6.07, 6.45) is -3.51. The van der Waals surface area contributed by atoms with Gasteiger partial charge in [0.15, 0.2) is 5.78 Å². The normalized spacial score (nSPS) is 11.8. The maximum Gasteiger partial charge on any atom is 0.454 e. The Balaban J connectivity index is 2.73. The van der Waals surface area contributed by atoms with E-state index in [1.807, 2.05) is 0 Å². The Labute approximate surface area is 99.8 Å². The lowest BCUT2D eigenvalue weighted by atomic mass is 10.1. The van der Waals surface area contributed by atoms with Gasteiger partial charge in [-0.1, -0.05) is 6.07 Å². The van der Waals surface area contributed by atoms with Crippen molar-refractivity contribution < 1.29 is 22.8 Å². The SMILES string of the molecule is CC(=O)c1cc(C(=O)C(F)(F)F)c2ccccn12. The number of carbonyl (C=O) groups excluding carboxylic acids is 2. The van der Waals surface area contributed by atoms with Gasteiger partial charge in [0.2, 0.25) is 0 Å². The summed E-state index contributed by atoms with van der Waals surface area (Å²) in [4.78, 5) is 22.6. The van der Waals surface area contributed by atoms with E-state index >= 15 is 0 Å². The Bertz CT molecular complexity index is 640. The second kappa shape index (κ2) is 3.97. The van der Waals surface area contributed by atoms with Gasteiger partial charge in [-0.3, -0.25) is 9.59 Å². The molecule has 6 heteroatoms. The fraction of sp³-hybridized carbons (Fsp3) is 0.167. The maximum absolute atomic E-state index is 12.4. The van der Waals surface area contributed by atoms with Crippen LogP contribution in [-0.4, -0.2) is 22.1 Å². The van der Waals surface area contributed by atoms with Gasteiger partial charge >= 0.3 is 6.18 Å². The number of Topliss-reactive ketones (excluding diaryl/α,β-unsaturated/α-hetero) is 2. The van der Waals surface area contributed by atoms with E-state index in [9.17, 15) is 22.8 Å². The Hall–Kier alpha value is -2.11. The zero-order valence-corrected chi connectivity index (χ0v) is 9.28. The second-order valence-electron chi connectivity index (χ2n) is 3.78. The number of fused-ring (bicyclic) bond motifs is 1. The Morgan fingerprint density at radius 2 is 1.89 bits per heavy atom. The summed E-state index contributed by atoms with van der Waals surface area (Å²) in [5.41, 5.74) is -0.378. The van der Waals surface area contributed by atoms with Gasteiger partial charge in [-0.05, 0) is 18.2 Å². The molecule has 3 nitrogen and oxygen atoms in total. The molecule has 0 saturated heterocycles. The highest BCUT2D eigenvalue weighted by Crippen LogP contribution is 2.26. The van der Waals surface area contributed by atoms with E-state index in [2.05, 4.69) is 0 Å². The highest BCUT2D eigenvalue weighted by molar-refractivity contribution is 6.08. The number of rotatable bonds is 2. The topological polar surface area (TPSA) is 38.5 Å². The van der Waals surface area contributed by atoms with Gasteiger partial charge in [-0.25, -0.2) is 0 Å². The Morgan fingerprint density at radius 1 is 1.22 bits per heavy atom. The second-order valence-corrected chi connectivity index (χ2v) is 3.78. The van der Waals surface area contributed by atoms with Crippen LogP contribution in [0.1, 0.15) is 27.8 Å². The molecule has 2 heterocycles. The van der Waals surface area contributed by atoms with Crippen molar-refractivity contribution in [1.29, 1.82) is 0 Å². The fourth-order valence-corrected chi connectivity index (χ4v) is 1.76. The minimum Gasteiger partial charge on any atom is -0.313 e. The van der Waals surface area contributed by atoms with Crippen LogP contribution in [0.5, 0.6) is 0 Å². The third kappa shape index (κ3) is 1.90. The zero-order valence-electron chi connectivity index (χ0n) is 9.28. The fourth-order valence-electron chi connectivity index (χ4n) is 1.76. The lowest BCUT2D eigenvalue weighted by Gasteiger charge is -2.03. The monoisotopic (exact) mass is 255 g/mol. The molecule has 0 unspecified atom stereocenters. The van der Waals surface area contributed by atoms with Crippen LogP contribution in [0.15, 0.2) is 30.5 Å². The molecule has 0 aliphatic heterocycles. The number of halogens is 3. The van der Waals surface area contributed by atoms with E-state index in [4.69, 9.17) is 0 Å². The van der Waals surface area contributed by atoms with E-state index in [1.165, 1.54) is 29.7 Å². The quantitative estimate of drug-likeness (QED) is 0.774. The average molecular weight is 255 g/mol. The third-order valence-electron chi connectivity index (χ3n) is 2.54. The number of nitrogens with zero attached hydrogens (tertiary/aromatic N) is 1. The number of alkyl halides is 3. The van der Waals surface area contributed by atoms with Crippen LogP contribution in [0.3, 0.4) is 0 Å². The average Bonchev–Trinajstić information content (AvgIpc) is 2.66. The van der Waals surface area contributed by atoms with Gasteiger partial charge in [0, 0.05) is 13.1 Å². The molecule has 0 radical (unpaired) electrons. The molecule has 0 fully saturated rings. The molecule has 94 valence electrons. The minimum absolute atomic E-state index is 0.0539. The van der Waals surface area contributed by atoms with Crippen molar-refractivity contribution >= 4 is 17.1 Å². The standard InChI is InChI=1S/C12H8F3NO2/c1-7(17)10-6-8(11(18)12(13,14)15)9-4-2-3-5-16(9)10/h2-6H,1H3. The van der Waals surface area contributed by atoms with Crippen molar-refractivity contribution in [3.63, 3.8) is 0 Å². The van der Waals surface area contributed by atoms with Crippen LogP contribution >= 0.6 is 0 Å². The first-order valence-corrected chi connectivity index (χ1v) is 5.05. The molecule has 0 aliphatic rings. The highest BCUT2D eigenvalue weighted by Gasteiger charge is 2.41. The molecule has 0 aliphatic carbocycles. The lowest BCUT2D eigenvalue weighted by molar-refractivity contribution is -0.0884. The molecule has 0 saturated carbocycles. The number of aromatic nitrogens is 1. The van der Waals surface area contributed by atoms with Crippen LogP contribution < -0.4 is 0 Å². The van der Waals surface area contributed by atoms with E-state index in [0.29, 0.717) is 0 Å². The first-order valence-electron chi connectivity index (χ1n) is 5.05. The van der Waals surface area contributed by atoms with Crippen molar-refractivity contribution in [2.75, 3.05) is 0 Å². The molecule has 2 aromatic rings. The summed E-state index contributed by atoms with van der Waals surface area (Å²) in [5, 5.41) is 0. The molecule has 0 spiro atoms. The van der Waals surface area contributed by atoms with E-state index < -0.39 is 23.3 Å². The third-order valence-corrected chi connectivity index (χ3v) is 2.54. The van der Waals surface area contributed by atoms with E-state index in [-0.39, 0.29) is 11.2 Å². The molecule has 2 aromatic heterocycles. The number of hydrogen-bond donors (Lipinski definition) is 0. The van der Waals surface area contributed by atoms with Gasteiger partial charge < -0.3 is 4.40 Å². The summed E-state index contributed by atoms with van der Waals surface area (Å²) in [7, 11) is 0. The Kier molecular flexibility index (Phi) is 2.73. The van der Waals surface area contributed by atoms with Crippen molar-refractivity contribution in [3.8, 4) is 0 Å². The first-order chi connectivity index (χ1) is 8.32. The molecule has 0 bridgehead atoms. The van der Waals surface area contributed by atoms with Gasteiger partial charge in [0.1, 0.15) is 0 Å². The summed E-state index contributed by atoms with van der Waals surface area (Å²) in [5.74, 6) is -2.35. The van der Waals surface area contributed by atoms with Crippen molar-refractivity contribution in [2.24, 2.45) is 0 Å². The smallest absolute Gasteiger partial charge is 0.313 e. The molecule has 0 amide bonds. The van der Waals surface area contributed by atoms with Crippen LogP contribution in [0.4, 0.5) is 13.2 Å². The van der Waals surface area contributed by atoms with Gasteiger partial charge in [-0.15, -0.1) is 0 Å². The van der Waals surface area contributed by atoms with Crippen molar-refractivity contribution in [3.05, 3.63) is 41.7 Å². The van der Waals surface area contributed by atoms with E-state index in [0.717, 1.165) is 6.07 Å². The first kappa shape index (κ1) is 12.3. The van der Waals surface area contributed by atoms with Crippen LogP contribution in [0, 0.1) is 0 Å². The lowest BCUT2D eigenvalue weighted by Crippen LogP contribution is -2.22. The van der Waals surface area contributed by atoms with Gasteiger partial charge in [0.05, 0.1) is 16.8 Å². The van der Waals surface area contributed by atoms with Gasteiger partial charge in [0.25, 0.3) is 5.78 Å². The molecule has 0 aromatic carbocycles. The molecular formula is C12H8F3NO2. The van der Waals surface area contributed by atoms with Crippen molar-refractivity contribution in [1.82, 2.24) is 4.40 Å². The van der Waals surface area contributed by atoms with E-state index in [1.54, 1.807) is 6.07 Å². The largest absolute Gasteiger partial charge is 0.454 e. The molecule has 2 rings (SSSR count). The summed E-state index contributed by atoms with van der Waals surface area (Å²) < 4.78 is 38.6. The molecule has 18 heavy (non-hydrogen) atoms. The molecule has 0 N–H and O–H groups in total. The summed E-state index contributed by atoms with van der Waals surface area (Å²) in [6.45, 7) is 1.23. The maximum atomic E-state index is 12.4. The number of ketones is 2. The number of carbonyl (C=O) groups is 2. The van der Waals surface area contributed by atoms with Crippen LogP contribution in [-0.2, 0) is 0 Å². The predicted octanol–water partition coefficient (Wildman–Crippen LogP) is 2.89. The van der Waals surface area contributed by atoms with Gasteiger partial charge in [-0.2, -0.15) is 13.2 Å². The number of pyridine rings is 1. The summed E-state index contributed by atoms with van der Waals surface area (Å²) in [6, 6.07) is 5.42. The Morgan fingerprint density at radius 3 is 2.44 bits per heavy atom. The molecular weight excluding hydrogens is 247 g/mol. The minimum atomic E-state index is -4.95. The number of hydrogen-bond acceptors (Lipinski definition) is 2. The molecule has 0 atom stereocenters. The predicted molar refractivity (Wildman–Crippen MR) is 57.8 cm³/mol. The van der Waals surface area contributed by atoms with Crippen LogP contribution in [0.25, 0.3) is 5.52 Å². The van der Waals surface area contributed by atoms with Crippen molar-refractivity contribution in [2.45, 2.75) is 13.1 Å². The zero-order chi connectivity index (χ0) is 13.5.